The molecule has 3 aromatic rings. The Hall–Kier alpha value is -3.46. The number of esters is 1. The molecule has 0 saturated carbocycles. The van der Waals surface area contributed by atoms with Gasteiger partial charge in [-0.2, -0.15) is 0 Å². The van der Waals surface area contributed by atoms with E-state index in [4.69, 9.17) is 9.15 Å². The van der Waals surface area contributed by atoms with E-state index in [2.05, 4.69) is 10.3 Å². The van der Waals surface area contributed by atoms with Crippen LogP contribution in [0.25, 0.3) is 11.3 Å². The molecule has 0 aliphatic rings. The fourth-order valence-corrected chi connectivity index (χ4v) is 3.82. The lowest BCUT2D eigenvalue weighted by atomic mass is 10.1. The number of likely N-dealkylation sites (N-methyl/N-ethyl adjacent to an activating group) is 1. The summed E-state index contributed by atoms with van der Waals surface area (Å²) in [4.78, 5) is 43.2. The van der Waals surface area contributed by atoms with Gasteiger partial charge in [0.15, 0.2) is 18.3 Å². The maximum Gasteiger partial charge on any atom is 0.306 e. The average molecular weight is 484 g/mol. The van der Waals surface area contributed by atoms with Gasteiger partial charge in [0.2, 0.25) is 5.91 Å². The lowest BCUT2D eigenvalue weighted by molar-refractivity contribution is -0.152. The lowest BCUT2D eigenvalue weighted by Gasteiger charge is -2.20. The number of carbonyl (C=O) groups excluding carboxylic acids is 3. The summed E-state index contributed by atoms with van der Waals surface area (Å²) in [7, 11) is 0. The third-order valence-electron chi connectivity index (χ3n) is 5.35. The van der Waals surface area contributed by atoms with E-state index < -0.39 is 18.5 Å². The van der Waals surface area contributed by atoms with Crippen molar-refractivity contribution in [3.63, 3.8) is 0 Å². The summed E-state index contributed by atoms with van der Waals surface area (Å²) in [5.74, 6) is -0.155. The monoisotopic (exact) mass is 483 g/mol. The molecule has 0 atom stereocenters. The van der Waals surface area contributed by atoms with Crippen LogP contribution in [0, 0.1) is 13.8 Å². The van der Waals surface area contributed by atoms with Crippen LogP contribution in [0.2, 0.25) is 0 Å². The Balaban J connectivity index is 1.40. The molecule has 1 aromatic carbocycles. The first-order chi connectivity index (χ1) is 16.4. The minimum Gasteiger partial charge on any atom is -0.456 e. The third kappa shape index (κ3) is 7.28. The van der Waals surface area contributed by atoms with Crippen molar-refractivity contribution in [3.05, 3.63) is 63.8 Å². The summed E-state index contributed by atoms with van der Waals surface area (Å²) in [6.45, 7) is 6.10. The fraction of sp³-hybridized carbons (Fsp3) is 0.360. The van der Waals surface area contributed by atoms with E-state index in [9.17, 15) is 14.4 Å². The Labute approximate surface area is 202 Å². The van der Waals surface area contributed by atoms with Crippen LogP contribution in [0.15, 0.2) is 46.3 Å². The third-order valence-corrected chi connectivity index (χ3v) is 6.23. The molecule has 0 spiro atoms. The molecule has 3 rings (SSSR count). The number of amides is 2. The number of benzene rings is 1. The topological polar surface area (TPSA) is 102 Å². The molecule has 0 fully saturated rings. The molecule has 0 aliphatic carbocycles. The molecule has 2 amide bonds. The van der Waals surface area contributed by atoms with Crippen molar-refractivity contribution in [2.24, 2.45) is 0 Å². The van der Waals surface area contributed by atoms with Crippen LogP contribution in [0.3, 0.4) is 0 Å². The predicted molar refractivity (Wildman–Crippen MR) is 129 cm³/mol. The van der Waals surface area contributed by atoms with Crippen molar-refractivity contribution in [1.82, 2.24) is 15.2 Å². The molecule has 0 unspecified atom stereocenters. The van der Waals surface area contributed by atoms with Crippen molar-refractivity contribution in [3.8, 4) is 11.3 Å². The number of aryl methyl sites for hydroxylation is 3. The summed E-state index contributed by atoms with van der Waals surface area (Å²) >= 11 is 1.55. The lowest BCUT2D eigenvalue weighted by Crippen LogP contribution is -2.42. The number of ether oxygens (including phenoxy) is 1. The van der Waals surface area contributed by atoms with Gasteiger partial charge in [-0.05, 0) is 49.4 Å². The number of rotatable bonds is 11. The summed E-state index contributed by atoms with van der Waals surface area (Å²) in [5.41, 5.74) is 3.28. The summed E-state index contributed by atoms with van der Waals surface area (Å²) in [5, 5.41) is 4.71. The zero-order valence-electron chi connectivity index (χ0n) is 19.6. The number of nitrogens with one attached hydrogen (secondary N) is 1. The number of oxazole rings is 1. The standard InChI is InChI=1S/C25H29N3O5S/c1-4-28(15-22(29)26-13-20-6-5-11-34-20)24(30)16-32-25(31)10-9-23-27-14-21(33-23)19-8-7-17(2)18(3)12-19/h5-8,11-12,14H,4,9-10,13,15-16H2,1-3H3,(H,26,29). The van der Waals surface area contributed by atoms with Gasteiger partial charge in [0, 0.05) is 23.4 Å². The highest BCUT2D eigenvalue weighted by molar-refractivity contribution is 7.09. The molecule has 9 heteroatoms. The summed E-state index contributed by atoms with van der Waals surface area (Å²) < 4.78 is 10.9. The van der Waals surface area contributed by atoms with Crippen molar-refractivity contribution >= 4 is 29.1 Å². The number of thiophene rings is 1. The minimum absolute atomic E-state index is 0.0353. The Morgan fingerprint density at radius 2 is 2.00 bits per heavy atom. The number of hydrogen-bond acceptors (Lipinski definition) is 7. The molecule has 0 radical (unpaired) electrons. The van der Waals surface area contributed by atoms with Crippen LogP contribution >= 0.6 is 11.3 Å². The highest BCUT2D eigenvalue weighted by Crippen LogP contribution is 2.23. The molecule has 2 aromatic heterocycles. The average Bonchev–Trinajstić information content (AvgIpc) is 3.52. The Bertz CT molecular complexity index is 1120. The Morgan fingerprint density at radius 3 is 2.71 bits per heavy atom. The quantitative estimate of drug-likeness (QED) is 0.418. The highest BCUT2D eigenvalue weighted by Gasteiger charge is 2.18. The maximum atomic E-state index is 12.4. The molecular formula is C25H29N3O5S. The molecule has 34 heavy (non-hydrogen) atoms. The normalized spacial score (nSPS) is 10.7. The molecule has 2 heterocycles. The van der Waals surface area contributed by atoms with Crippen molar-refractivity contribution in [1.29, 1.82) is 0 Å². The van der Waals surface area contributed by atoms with Gasteiger partial charge < -0.3 is 19.4 Å². The smallest absolute Gasteiger partial charge is 0.306 e. The second kappa shape index (κ2) is 12.1. The van der Waals surface area contributed by atoms with E-state index >= 15 is 0 Å². The van der Waals surface area contributed by atoms with E-state index in [-0.39, 0.29) is 25.3 Å². The first-order valence-electron chi connectivity index (χ1n) is 11.1. The van der Waals surface area contributed by atoms with E-state index in [0.29, 0.717) is 24.7 Å². The van der Waals surface area contributed by atoms with Crippen LogP contribution in [-0.4, -0.2) is 47.4 Å². The fourth-order valence-electron chi connectivity index (χ4n) is 3.17. The number of carbonyl (C=O) groups is 3. The molecule has 180 valence electrons. The van der Waals surface area contributed by atoms with Crippen LogP contribution in [0.4, 0.5) is 0 Å². The van der Waals surface area contributed by atoms with Crippen molar-refractivity contribution < 1.29 is 23.5 Å². The SMILES string of the molecule is CCN(CC(=O)NCc1cccs1)C(=O)COC(=O)CCc1ncc(-c2ccc(C)c(C)c2)o1. The van der Waals surface area contributed by atoms with Crippen LogP contribution in [-0.2, 0) is 32.1 Å². The van der Waals surface area contributed by atoms with Gasteiger partial charge in [-0.25, -0.2) is 4.98 Å². The first-order valence-corrected chi connectivity index (χ1v) is 12.0. The van der Waals surface area contributed by atoms with E-state index in [1.807, 2.05) is 49.6 Å². The second-order valence-corrected chi connectivity index (χ2v) is 8.87. The minimum atomic E-state index is -0.530. The Kier molecular flexibility index (Phi) is 8.98. The van der Waals surface area contributed by atoms with Gasteiger partial charge in [-0.3, -0.25) is 14.4 Å². The van der Waals surface area contributed by atoms with Crippen molar-refractivity contribution in [2.75, 3.05) is 19.7 Å². The van der Waals surface area contributed by atoms with E-state index in [0.717, 1.165) is 16.0 Å². The van der Waals surface area contributed by atoms with Gasteiger partial charge in [0.25, 0.3) is 5.91 Å². The molecule has 1 N–H and O–H groups in total. The summed E-state index contributed by atoms with van der Waals surface area (Å²) in [6, 6.07) is 9.86. The first kappa shape index (κ1) is 25.2. The van der Waals surface area contributed by atoms with Crippen molar-refractivity contribution in [2.45, 2.75) is 40.2 Å². The van der Waals surface area contributed by atoms with Gasteiger partial charge in [-0.1, -0.05) is 18.2 Å². The highest BCUT2D eigenvalue weighted by atomic mass is 32.1. The Morgan fingerprint density at radius 1 is 1.18 bits per heavy atom. The van der Waals surface area contributed by atoms with Gasteiger partial charge >= 0.3 is 5.97 Å². The number of hydrogen-bond donors (Lipinski definition) is 1. The van der Waals surface area contributed by atoms with E-state index in [1.54, 1.807) is 24.5 Å². The molecular weight excluding hydrogens is 454 g/mol. The molecule has 8 nitrogen and oxygen atoms in total. The number of nitrogens with zero attached hydrogens (tertiary/aromatic N) is 2. The van der Waals surface area contributed by atoms with Gasteiger partial charge in [0.1, 0.15) is 0 Å². The van der Waals surface area contributed by atoms with Crippen LogP contribution < -0.4 is 5.32 Å². The van der Waals surface area contributed by atoms with E-state index in [1.165, 1.54) is 10.5 Å². The summed E-state index contributed by atoms with van der Waals surface area (Å²) in [6.07, 6.45) is 1.94. The van der Waals surface area contributed by atoms with Crippen LogP contribution in [0.5, 0.6) is 0 Å². The van der Waals surface area contributed by atoms with Crippen LogP contribution in [0.1, 0.15) is 35.2 Å². The molecule has 0 aliphatic heterocycles. The molecule has 0 bridgehead atoms. The predicted octanol–water partition coefficient (Wildman–Crippen LogP) is 3.66. The largest absolute Gasteiger partial charge is 0.456 e. The van der Waals surface area contributed by atoms with Gasteiger partial charge in [-0.15, -0.1) is 11.3 Å². The number of aromatic nitrogens is 1. The molecule has 0 saturated heterocycles. The van der Waals surface area contributed by atoms with Gasteiger partial charge in [0.05, 0.1) is 25.7 Å². The maximum absolute atomic E-state index is 12.4. The zero-order valence-corrected chi connectivity index (χ0v) is 20.4. The zero-order chi connectivity index (χ0) is 24.5. The second-order valence-electron chi connectivity index (χ2n) is 7.84.